The van der Waals surface area contributed by atoms with Gasteiger partial charge in [0.2, 0.25) is 0 Å². The van der Waals surface area contributed by atoms with Gasteiger partial charge in [0, 0.05) is 24.6 Å². The SMILES string of the molecule is O=C(NCC1C=CC=C1)Oc1ccc([N+](=O)[O-])cc1. The van der Waals surface area contributed by atoms with Crippen LogP contribution in [0.1, 0.15) is 0 Å². The molecule has 0 aromatic heterocycles. The van der Waals surface area contributed by atoms with Gasteiger partial charge in [0.15, 0.2) is 0 Å². The molecule has 0 fully saturated rings. The average molecular weight is 260 g/mol. The maximum absolute atomic E-state index is 11.5. The number of allylic oxidation sites excluding steroid dienone is 2. The van der Waals surface area contributed by atoms with Crippen molar-refractivity contribution in [1.82, 2.24) is 5.32 Å². The molecule has 0 atom stereocenters. The number of nitrogens with one attached hydrogen (secondary N) is 1. The number of hydrogen-bond acceptors (Lipinski definition) is 4. The van der Waals surface area contributed by atoms with Crippen molar-refractivity contribution in [3.05, 3.63) is 58.7 Å². The summed E-state index contributed by atoms with van der Waals surface area (Å²) >= 11 is 0. The molecule has 0 aliphatic heterocycles. The van der Waals surface area contributed by atoms with E-state index < -0.39 is 11.0 Å². The number of rotatable bonds is 4. The summed E-state index contributed by atoms with van der Waals surface area (Å²) in [7, 11) is 0. The van der Waals surface area contributed by atoms with Gasteiger partial charge in [0.25, 0.3) is 5.69 Å². The van der Waals surface area contributed by atoms with Crippen LogP contribution in [0.15, 0.2) is 48.6 Å². The Morgan fingerprint density at radius 2 is 1.89 bits per heavy atom. The second-order valence-electron chi connectivity index (χ2n) is 3.96. The summed E-state index contributed by atoms with van der Waals surface area (Å²) in [5.74, 6) is 0.449. The molecule has 6 nitrogen and oxygen atoms in total. The van der Waals surface area contributed by atoms with Crippen LogP contribution >= 0.6 is 0 Å². The first kappa shape index (κ1) is 12.8. The van der Waals surface area contributed by atoms with Crippen molar-refractivity contribution >= 4 is 11.8 Å². The molecule has 0 radical (unpaired) electrons. The number of benzene rings is 1. The predicted octanol–water partition coefficient (Wildman–Crippen LogP) is 2.43. The summed E-state index contributed by atoms with van der Waals surface area (Å²) in [6.45, 7) is 0.457. The van der Waals surface area contributed by atoms with Crippen LogP contribution in [0.4, 0.5) is 10.5 Å². The van der Waals surface area contributed by atoms with Gasteiger partial charge in [-0.25, -0.2) is 4.79 Å². The van der Waals surface area contributed by atoms with E-state index in [-0.39, 0.29) is 17.4 Å². The summed E-state index contributed by atoms with van der Waals surface area (Å²) in [6, 6.07) is 5.33. The Labute approximate surface area is 109 Å². The first-order valence-electron chi connectivity index (χ1n) is 5.70. The largest absolute Gasteiger partial charge is 0.412 e. The normalized spacial score (nSPS) is 13.5. The maximum atomic E-state index is 11.5. The number of non-ortho nitro benzene ring substituents is 1. The summed E-state index contributed by atoms with van der Waals surface area (Å²) in [5.41, 5.74) is -0.0472. The number of ether oxygens (including phenoxy) is 1. The van der Waals surface area contributed by atoms with Crippen molar-refractivity contribution < 1.29 is 14.5 Å². The van der Waals surface area contributed by atoms with Crippen LogP contribution in [0.5, 0.6) is 5.75 Å². The lowest BCUT2D eigenvalue weighted by atomic mass is 10.2. The number of nitrogens with zero attached hydrogens (tertiary/aromatic N) is 1. The zero-order chi connectivity index (χ0) is 13.7. The molecule has 1 amide bonds. The van der Waals surface area contributed by atoms with Crippen molar-refractivity contribution in [1.29, 1.82) is 0 Å². The molecule has 1 N–H and O–H groups in total. The number of carbonyl (C=O) groups excluding carboxylic acids is 1. The van der Waals surface area contributed by atoms with Gasteiger partial charge in [-0.2, -0.15) is 0 Å². The fraction of sp³-hybridized carbons (Fsp3) is 0.154. The Hall–Kier alpha value is -2.63. The molecule has 0 unspecified atom stereocenters. The molecule has 1 aromatic carbocycles. The highest BCUT2D eigenvalue weighted by atomic mass is 16.6. The average Bonchev–Trinajstić information content (AvgIpc) is 2.90. The van der Waals surface area contributed by atoms with Crippen LogP contribution in [-0.4, -0.2) is 17.6 Å². The number of amides is 1. The fourth-order valence-corrected chi connectivity index (χ4v) is 1.59. The Bertz CT molecular complexity index is 522. The minimum absolute atomic E-state index is 0.0472. The van der Waals surface area contributed by atoms with Gasteiger partial charge < -0.3 is 10.1 Å². The van der Waals surface area contributed by atoms with E-state index in [0.717, 1.165) is 0 Å². The van der Waals surface area contributed by atoms with Crippen molar-refractivity contribution in [2.75, 3.05) is 6.54 Å². The Morgan fingerprint density at radius 1 is 1.26 bits per heavy atom. The van der Waals surface area contributed by atoms with E-state index >= 15 is 0 Å². The number of nitro benzene ring substituents is 1. The third-order valence-corrected chi connectivity index (χ3v) is 2.57. The minimum Gasteiger partial charge on any atom is -0.410 e. The molecule has 1 aromatic rings. The van der Waals surface area contributed by atoms with Gasteiger partial charge in [-0.3, -0.25) is 10.1 Å². The summed E-state index contributed by atoms with van der Waals surface area (Å²) < 4.78 is 4.99. The topological polar surface area (TPSA) is 81.5 Å². The molecule has 0 saturated carbocycles. The van der Waals surface area contributed by atoms with E-state index in [0.29, 0.717) is 6.54 Å². The van der Waals surface area contributed by atoms with Crippen molar-refractivity contribution in [3.63, 3.8) is 0 Å². The molecule has 1 aliphatic rings. The summed E-state index contributed by atoms with van der Waals surface area (Å²) in [6.07, 6.45) is 7.17. The second kappa shape index (κ2) is 5.81. The smallest absolute Gasteiger partial charge is 0.410 e. The van der Waals surface area contributed by atoms with Crippen LogP contribution < -0.4 is 10.1 Å². The quantitative estimate of drug-likeness (QED) is 0.665. The van der Waals surface area contributed by atoms with E-state index in [1.165, 1.54) is 24.3 Å². The lowest BCUT2D eigenvalue weighted by molar-refractivity contribution is -0.384. The Balaban J connectivity index is 1.82. The van der Waals surface area contributed by atoms with Crippen LogP contribution in [0.25, 0.3) is 0 Å². The zero-order valence-electron chi connectivity index (χ0n) is 9.98. The third-order valence-electron chi connectivity index (χ3n) is 2.57. The van der Waals surface area contributed by atoms with Gasteiger partial charge in [-0.1, -0.05) is 24.3 Å². The lowest BCUT2D eigenvalue weighted by Gasteiger charge is -2.08. The highest BCUT2D eigenvalue weighted by Crippen LogP contribution is 2.17. The zero-order valence-corrected chi connectivity index (χ0v) is 9.98. The predicted molar refractivity (Wildman–Crippen MR) is 68.9 cm³/mol. The Kier molecular flexibility index (Phi) is 3.92. The summed E-state index contributed by atoms with van der Waals surface area (Å²) in [5, 5.41) is 13.1. The first-order chi connectivity index (χ1) is 9.15. The van der Waals surface area contributed by atoms with Crippen molar-refractivity contribution in [3.8, 4) is 5.75 Å². The van der Waals surface area contributed by atoms with Gasteiger partial charge in [0.1, 0.15) is 5.75 Å². The molecule has 0 bridgehead atoms. The fourth-order valence-electron chi connectivity index (χ4n) is 1.59. The first-order valence-corrected chi connectivity index (χ1v) is 5.70. The van der Waals surface area contributed by atoms with Gasteiger partial charge >= 0.3 is 6.09 Å². The van der Waals surface area contributed by atoms with Gasteiger partial charge in [-0.05, 0) is 12.1 Å². The highest BCUT2D eigenvalue weighted by Gasteiger charge is 2.09. The molecule has 6 heteroatoms. The van der Waals surface area contributed by atoms with Crippen molar-refractivity contribution in [2.24, 2.45) is 5.92 Å². The lowest BCUT2D eigenvalue weighted by Crippen LogP contribution is -2.30. The van der Waals surface area contributed by atoms with Crippen LogP contribution in [0.3, 0.4) is 0 Å². The van der Waals surface area contributed by atoms with Gasteiger partial charge in [0.05, 0.1) is 4.92 Å². The van der Waals surface area contributed by atoms with E-state index in [4.69, 9.17) is 4.74 Å². The Morgan fingerprint density at radius 3 is 2.47 bits per heavy atom. The van der Waals surface area contributed by atoms with Crippen LogP contribution in [0, 0.1) is 16.0 Å². The van der Waals surface area contributed by atoms with E-state index in [1.807, 2.05) is 24.3 Å². The van der Waals surface area contributed by atoms with E-state index in [1.54, 1.807) is 0 Å². The highest BCUT2D eigenvalue weighted by molar-refractivity contribution is 5.70. The van der Waals surface area contributed by atoms with Crippen molar-refractivity contribution in [2.45, 2.75) is 0 Å². The molecular weight excluding hydrogens is 248 g/mol. The minimum atomic E-state index is -0.581. The second-order valence-corrected chi connectivity index (χ2v) is 3.96. The molecule has 0 spiro atoms. The molecular formula is C13H12N2O4. The van der Waals surface area contributed by atoms with Gasteiger partial charge in [-0.15, -0.1) is 0 Å². The maximum Gasteiger partial charge on any atom is 0.412 e. The molecule has 98 valence electrons. The van der Waals surface area contributed by atoms with Crippen LogP contribution in [-0.2, 0) is 0 Å². The summed E-state index contributed by atoms with van der Waals surface area (Å²) in [4.78, 5) is 21.4. The molecule has 0 heterocycles. The number of nitro groups is 1. The molecule has 1 aliphatic carbocycles. The monoisotopic (exact) mass is 260 g/mol. The van der Waals surface area contributed by atoms with E-state index in [9.17, 15) is 14.9 Å². The molecule has 19 heavy (non-hydrogen) atoms. The number of carbonyl (C=O) groups is 1. The molecule has 0 saturated heterocycles. The number of hydrogen-bond donors (Lipinski definition) is 1. The molecule has 2 rings (SSSR count). The van der Waals surface area contributed by atoms with E-state index in [2.05, 4.69) is 5.32 Å². The van der Waals surface area contributed by atoms with Crippen LogP contribution in [0.2, 0.25) is 0 Å². The standard InChI is InChI=1S/C13H12N2O4/c16-13(14-9-10-3-1-2-4-10)19-12-7-5-11(6-8-12)15(17)18/h1-8,10H,9H2,(H,14,16). The third kappa shape index (κ3) is 3.67.